The van der Waals surface area contributed by atoms with Crippen LogP contribution < -0.4 is 0 Å². The molecular formula is C16H14O6. The number of hydrogen-bond acceptors (Lipinski definition) is 6. The Bertz CT molecular complexity index is 629. The van der Waals surface area contributed by atoms with Crippen molar-refractivity contribution in [1.29, 1.82) is 0 Å². The molecule has 1 aliphatic rings. The fourth-order valence-corrected chi connectivity index (χ4v) is 1.78. The standard InChI is InChI=1S/C16H14O6/c1-11(17)22-15-13(9-20-8-7-14(15)18)10-21-16(19)12-5-3-2-4-6-12/h2-9,15H,10H2,1H3. The quantitative estimate of drug-likeness (QED) is 0.789. The maximum atomic E-state index is 11.9. The van der Waals surface area contributed by atoms with E-state index in [9.17, 15) is 14.4 Å². The summed E-state index contributed by atoms with van der Waals surface area (Å²) in [6, 6.07) is 8.41. The third-order valence-corrected chi connectivity index (χ3v) is 2.79. The Labute approximate surface area is 127 Å². The van der Waals surface area contributed by atoms with Gasteiger partial charge in [-0.05, 0) is 12.1 Å². The molecule has 1 atom stereocenters. The van der Waals surface area contributed by atoms with Crippen LogP contribution in [0.1, 0.15) is 17.3 Å². The van der Waals surface area contributed by atoms with Crippen LogP contribution in [0.2, 0.25) is 0 Å². The topological polar surface area (TPSA) is 78.9 Å². The third-order valence-electron chi connectivity index (χ3n) is 2.79. The largest absolute Gasteiger partial charge is 0.472 e. The van der Waals surface area contributed by atoms with E-state index in [1.54, 1.807) is 30.3 Å². The van der Waals surface area contributed by atoms with Crippen molar-refractivity contribution in [3.63, 3.8) is 0 Å². The van der Waals surface area contributed by atoms with E-state index in [2.05, 4.69) is 0 Å². The summed E-state index contributed by atoms with van der Waals surface area (Å²) >= 11 is 0. The van der Waals surface area contributed by atoms with Crippen molar-refractivity contribution in [2.75, 3.05) is 6.61 Å². The van der Waals surface area contributed by atoms with E-state index < -0.39 is 23.8 Å². The average Bonchev–Trinajstić information content (AvgIpc) is 2.68. The number of ketones is 1. The highest BCUT2D eigenvalue weighted by Gasteiger charge is 2.27. The van der Waals surface area contributed by atoms with Gasteiger partial charge in [-0.3, -0.25) is 9.59 Å². The summed E-state index contributed by atoms with van der Waals surface area (Å²) in [4.78, 5) is 34.8. The molecule has 2 rings (SSSR count). The summed E-state index contributed by atoms with van der Waals surface area (Å²) in [6.07, 6.45) is 2.40. The SMILES string of the molecule is CC(=O)OC1C(=O)C=COC=C1COC(=O)c1ccccc1. The Morgan fingerprint density at radius 2 is 1.95 bits per heavy atom. The Kier molecular flexibility index (Phi) is 5.08. The fourth-order valence-electron chi connectivity index (χ4n) is 1.78. The molecule has 0 N–H and O–H groups in total. The predicted octanol–water partition coefficient (Wildman–Crippen LogP) is 1.77. The zero-order valence-corrected chi connectivity index (χ0v) is 11.9. The van der Waals surface area contributed by atoms with E-state index in [4.69, 9.17) is 14.2 Å². The van der Waals surface area contributed by atoms with E-state index in [1.165, 1.54) is 19.4 Å². The van der Waals surface area contributed by atoms with Gasteiger partial charge in [0.2, 0.25) is 5.78 Å². The number of ether oxygens (including phenoxy) is 3. The van der Waals surface area contributed by atoms with Crippen molar-refractivity contribution in [3.8, 4) is 0 Å². The third kappa shape index (κ3) is 4.05. The van der Waals surface area contributed by atoms with Crippen LogP contribution in [0.5, 0.6) is 0 Å². The lowest BCUT2D eigenvalue weighted by atomic mass is 10.1. The minimum absolute atomic E-state index is 0.223. The molecule has 0 aliphatic carbocycles. The molecule has 0 radical (unpaired) electrons. The molecule has 1 heterocycles. The van der Waals surface area contributed by atoms with E-state index >= 15 is 0 Å². The van der Waals surface area contributed by atoms with Gasteiger partial charge >= 0.3 is 11.9 Å². The monoisotopic (exact) mass is 302 g/mol. The molecule has 1 aliphatic heterocycles. The molecule has 0 amide bonds. The summed E-state index contributed by atoms with van der Waals surface area (Å²) in [5.74, 6) is -1.63. The zero-order valence-electron chi connectivity index (χ0n) is 11.9. The Morgan fingerprint density at radius 3 is 2.64 bits per heavy atom. The van der Waals surface area contributed by atoms with Crippen molar-refractivity contribution >= 4 is 17.7 Å². The van der Waals surface area contributed by atoms with Crippen molar-refractivity contribution < 1.29 is 28.6 Å². The highest BCUT2D eigenvalue weighted by atomic mass is 16.6. The number of carbonyl (C=O) groups excluding carboxylic acids is 3. The van der Waals surface area contributed by atoms with Crippen LogP contribution in [0, 0.1) is 0 Å². The number of esters is 2. The van der Waals surface area contributed by atoms with E-state index in [-0.39, 0.29) is 12.2 Å². The molecule has 1 unspecified atom stereocenters. The van der Waals surface area contributed by atoms with Crippen LogP contribution >= 0.6 is 0 Å². The molecule has 0 saturated carbocycles. The van der Waals surface area contributed by atoms with Crippen LogP contribution in [0.15, 0.2) is 54.5 Å². The smallest absolute Gasteiger partial charge is 0.338 e. The summed E-state index contributed by atoms with van der Waals surface area (Å²) in [6.45, 7) is 0.968. The van der Waals surface area contributed by atoms with Crippen molar-refractivity contribution in [2.45, 2.75) is 13.0 Å². The van der Waals surface area contributed by atoms with Crippen LogP contribution in [-0.4, -0.2) is 30.4 Å². The Hall–Kier alpha value is -2.89. The maximum Gasteiger partial charge on any atom is 0.338 e. The molecule has 0 bridgehead atoms. The predicted molar refractivity (Wildman–Crippen MR) is 75.6 cm³/mol. The molecule has 0 aromatic heterocycles. The number of benzene rings is 1. The normalized spacial score (nSPS) is 17.0. The fraction of sp³-hybridized carbons (Fsp3) is 0.188. The van der Waals surface area contributed by atoms with Gasteiger partial charge in [-0.1, -0.05) is 18.2 Å². The highest BCUT2D eigenvalue weighted by molar-refractivity contribution is 5.97. The summed E-state index contributed by atoms with van der Waals surface area (Å²) in [5.41, 5.74) is 0.626. The minimum Gasteiger partial charge on any atom is -0.472 e. The van der Waals surface area contributed by atoms with Crippen LogP contribution in [0.4, 0.5) is 0 Å². The first-order chi connectivity index (χ1) is 10.6. The molecule has 0 spiro atoms. The molecule has 6 nitrogen and oxygen atoms in total. The van der Waals surface area contributed by atoms with Crippen molar-refractivity contribution in [2.24, 2.45) is 0 Å². The molecular weight excluding hydrogens is 288 g/mol. The molecule has 22 heavy (non-hydrogen) atoms. The Morgan fingerprint density at radius 1 is 1.23 bits per heavy atom. The van der Waals surface area contributed by atoms with Crippen LogP contribution in [0.3, 0.4) is 0 Å². The maximum absolute atomic E-state index is 11.9. The molecule has 1 aromatic rings. The average molecular weight is 302 g/mol. The summed E-state index contributed by atoms with van der Waals surface area (Å²) < 4.78 is 15.1. The van der Waals surface area contributed by atoms with E-state index in [1.807, 2.05) is 0 Å². The van der Waals surface area contributed by atoms with Gasteiger partial charge in [0.05, 0.1) is 23.7 Å². The Balaban J connectivity index is 2.06. The molecule has 0 fully saturated rings. The lowest BCUT2D eigenvalue weighted by Gasteiger charge is -2.16. The van der Waals surface area contributed by atoms with Gasteiger partial charge in [0.25, 0.3) is 0 Å². The second kappa shape index (κ2) is 7.21. The van der Waals surface area contributed by atoms with Gasteiger partial charge in [0, 0.05) is 13.0 Å². The molecule has 0 saturated heterocycles. The molecule has 1 aromatic carbocycles. The molecule has 114 valence electrons. The van der Waals surface area contributed by atoms with Gasteiger partial charge < -0.3 is 14.2 Å². The lowest BCUT2D eigenvalue weighted by molar-refractivity contribution is -0.149. The first kappa shape index (κ1) is 15.5. The first-order valence-electron chi connectivity index (χ1n) is 6.52. The van der Waals surface area contributed by atoms with Gasteiger partial charge in [-0.25, -0.2) is 4.79 Å². The summed E-state index contributed by atoms with van der Waals surface area (Å²) in [5, 5.41) is 0. The van der Waals surface area contributed by atoms with Crippen molar-refractivity contribution in [1.82, 2.24) is 0 Å². The van der Waals surface area contributed by atoms with Gasteiger partial charge in [-0.2, -0.15) is 0 Å². The first-order valence-corrected chi connectivity index (χ1v) is 6.52. The van der Waals surface area contributed by atoms with Crippen LogP contribution in [0.25, 0.3) is 0 Å². The lowest BCUT2D eigenvalue weighted by Crippen LogP contribution is -2.29. The number of hydrogen-bond donors (Lipinski definition) is 0. The van der Waals surface area contributed by atoms with Crippen LogP contribution in [-0.2, 0) is 23.8 Å². The summed E-state index contributed by atoms with van der Waals surface area (Å²) in [7, 11) is 0. The second-order valence-electron chi connectivity index (χ2n) is 4.47. The van der Waals surface area contributed by atoms with E-state index in [0.717, 1.165) is 6.08 Å². The number of carbonyl (C=O) groups is 3. The molecule has 6 heteroatoms. The zero-order chi connectivity index (χ0) is 15.9. The number of rotatable bonds is 4. The second-order valence-corrected chi connectivity index (χ2v) is 4.47. The van der Waals surface area contributed by atoms with Gasteiger partial charge in [-0.15, -0.1) is 0 Å². The van der Waals surface area contributed by atoms with Gasteiger partial charge in [0.1, 0.15) is 6.61 Å². The van der Waals surface area contributed by atoms with E-state index in [0.29, 0.717) is 5.56 Å². The minimum atomic E-state index is -1.15. The van der Waals surface area contributed by atoms with Crippen molar-refractivity contribution in [3.05, 3.63) is 60.1 Å². The highest BCUT2D eigenvalue weighted by Crippen LogP contribution is 2.15. The van der Waals surface area contributed by atoms with Gasteiger partial charge in [0.15, 0.2) is 6.10 Å².